The van der Waals surface area contributed by atoms with Crippen LogP contribution in [-0.4, -0.2) is 55.0 Å². The number of nitrogens with zero attached hydrogens (tertiary/aromatic N) is 1. The van der Waals surface area contributed by atoms with Gasteiger partial charge in [0.15, 0.2) is 5.05 Å². The Morgan fingerprint density at radius 2 is 1.97 bits per heavy atom. The Kier molecular flexibility index (Phi) is 9.85. The summed E-state index contributed by atoms with van der Waals surface area (Å²) < 4.78 is 11.3. The van der Waals surface area contributed by atoms with Gasteiger partial charge in [-0.2, -0.15) is 0 Å². The lowest BCUT2D eigenvalue weighted by Gasteiger charge is -2.37. The van der Waals surface area contributed by atoms with Crippen LogP contribution in [0, 0.1) is 5.92 Å². The number of aliphatic hydroxyl groups is 1. The Morgan fingerprint density at radius 1 is 1.27 bits per heavy atom. The van der Waals surface area contributed by atoms with Gasteiger partial charge in [-0.3, -0.25) is 4.79 Å². The van der Waals surface area contributed by atoms with Crippen molar-refractivity contribution in [2.75, 3.05) is 31.8 Å². The summed E-state index contributed by atoms with van der Waals surface area (Å²) in [6.45, 7) is 7.14. The van der Waals surface area contributed by atoms with Crippen LogP contribution in [0.4, 0.5) is 5.69 Å². The predicted octanol–water partition coefficient (Wildman–Crippen LogP) is 3.48. The number of amides is 1. The second kappa shape index (κ2) is 12.1. The fourth-order valence-corrected chi connectivity index (χ4v) is 3.97. The summed E-state index contributed by atoms with van der Waals surface area (Å²) in [6, 6.07) is 5.47. The van der Waals surface area contributed by atoms with E-state index in [9.17, 15) is 9.90 Å². The Morgan fingerprint density at radius 3 is 2.60 bits per heavy atom. The first-order chi connectivity index (χ1) is 14.3. The van der Waals surface area contributed by atoms with Crippen molar-refractivity contribution in [3.8, 4) is 5.75 Å². The number of carbonyl (C=O) groups is 1. The number of ether oxygens (including phenoxy) is 2. The molecule has 1 aromatic carbocycles. The van der Waals surface area contributed by atoms with E-state index < -0.39 is 0 Å². The number of thiocarbonyl (C=S) groups is 1. The summed E-state index contributed by atoms with van der Waals surface area (Å²) >= 11 is 4.90. The third-order valence-corrected chi connectivity index (χ3v) is 5.52. The number of carbonyl (C=O) groups excluding carboxylic acids is 1. The van der Waals surface area contributed by atoms with Gasteiger partial charge in [0.25, 0.3) is 0 Å². The number of likely N-dealkylation sites (N-methyl/N-ethyl adjacent to an activating group) is 1. The second-order valence-electron chi connectivity index (χ2n) is 8.29. The van der Waals surface area contributed by atoms with E-state index in [0.717, 1.165) is 42.7 Å². The Bertz CT molecular complexity index is 710. The number of hydrogen-bond donors (Lipinski definition) is 2. The van der Waals surface area contributed by atoms with Crippen LogP contribution in [0.25, 0.3) is 0 Å². The van der Waals surface area contributed by atoms with Gasteiger partial charge in [-0.25, -0.2) is 0 Å². The third kappa shape index (κ3) is 7.13. The van der Waals surface area contributed by atoms with E-state index in [2.05, 4.69) is 5.32 Å². The van der Waals surface area contributed by atoms with Crippen LogP contribution in [0.2, 0.25) is 0 Å². The van der Waals surface area contributed by atoms with Crippen LogP contribution >= 0.6 is 12.2 Å². The highest BCUT2D eigenvalue weighted by atomic mass is 32.1. The molecule has 0 fully saturated rings. The Hall–Kier alpha value is -1.86. The van der Waals surface area contributed by atoms with Gasteiger partial charge < -0.3 is 24.8 Å². The number of nitrogens with one attached hydrogen (secondary N) is 1. The van der Waals surface area contributed by atoms with Crippen molar-refractivity contribution in [3.63, 3.8) is 0 Å². The lowest BCUT2D eigenvalue weighted by atomic mass is 9.95. The normalized spacial score (nSPS) is 19.0. The summed E-state index contributed by atoms with van der Waals surface area (Å²) in [5.41, 5.74) is 2.09. The topological polar surface area (TPSA) is 71.0 Å². The number of fused-ring (bicyclic) bond motifs is 1. The van der Waals surface area contributed by atoms with Crippen LogP contribution in [0.3, 0.4) is 0 Å². The molecule has 7 heteroatoms. The van der Waals surface area contributed by atoms with Gasteiger partial charge >= 0.3 is 0 Å². The van der Waals surface area contributed by atoms with E-state index in [0.29, 0.717) is 24.7 Å². The fourth-order valence-electron chi connectivity index (χ4n) is 3.89. The molecule has 0 bridgehead atoms. The first kappa shape index (κ1) is 24.4. The number of benzene rings is 1. The van der Waals surface area contributed by atoms with E-state index in [-0.39, 0.29) is 30.5 Å². The zero-order valence-electron chi connectivity index (χ0n) is 18.6. The van der Waals surface area contributed by atoms with E-state index in [1.807, 2.05) is 44.0 Å². The average Bonchev–Trinajstić information content (AvgIpc) is 2.68. The first-order valence-electron chi connectivity index (χ1n) is 10.9. The number of aliphatic hydroxyl groups excluding tert-OH is 1. The highest BCUT2D eigenvalue weighted by Crippen LogP contribution is 2.31. The maximum atomic E-state index is 12.7. The molecule has 6 nitrogen and oxygen atoms in total. The molecule has 168 valence electrons. The summed E-state index contributed by atoms with van der Waals surface area (Å²) in [6.07, 6.45) is 4.75. The van der Waals surface area contributed by atoms with Crippen molar-refractivity contribution >= 4 is 28.9 Å². The molecule has 2 atom stereocenters. The van der Waals surface area contributed by atoms with Crippen molar-refractivity contribution in [1.82, 2.24) is 5.32 Å². The molecule has 0 spiro atoms. The van der Waals surface area contributed by atoms with Gasteiger partial charge in [0.2, 0.25) is 5.91 Å². The molecule has 0 saturated carbocycles. The molecule has 1 aliphatic rings. The molecule has 0 aliphatic carbocycles. The number of hydrogen-bond acceptors (Lipinski definition) is 6. The van der Waals surface area contributed by atoms with Gasteiger partial charge in [0.05, 0.1) is 25.9 Å². The number of anilines is 1. The summed E-state index contributed by atoms with van der Waals surface area (Å²) in [7, 11) is 1.95. The predicted molar refractivity (Wildman–Crippen MR) is 124 cm³/mol. The molecule has 2 rings (SSSR count). The lowest BCUT2D eigenvalue weighted by molar-refractivity contribution is -0.124. The molecule has 0 radical (unpaired) electrons. The number of rotatable bonds is 10. The average molecular weight is 437 g/mol. The van der Waals surface area contributed by atoms with Crippen LogP contribution in [0.15, 0.2) is 18.2 Å². The lowest BCUT2D eigenvalue weighted by Crippen LogP contribution is -2.54. The molecule has 1 heterocycles. The molecular formula is C23H36N2O4S. The summed E-state index contributed by atoms with van der Waals surface area (Å²) in [5.74, 6) is 0.900. The number of unbranched alkanes of at least 4 members (excludes halogenated alkanes) is 3. The quantitative estimate of drug-likeness (QED) is 0.432. The molecule has 0 saturated heterocycles. The largest absolute Gasteiger partial charge is 0.494 e. The maximum absolute atomic E-state index is 12.7. The smallest absolute Gasteiger partial charge is 0.243 e. The molecule has 2 N–H and O–H groups in total. The molecule has 1 aliphatic heterocycles. The minimum atomic E-state index is -0.299. The van der Waals surface area contributed by atoms with E-state index in [1.165, 1.54) is 0 Å². The van der Waals surface area contributed by atoms with Gasteiger partial charge in [-0.15, -0.1) is 0 Å². The van der Waals surface area contributed by atoms with Crippen LogP contribution in [-0.2, 0) is 16.0 Å². The molecular weight excluding hydrogens is 400 g/mol. The molecule has 1 amide bonds. The monoisotopic (exact) mass is 436 g/mol. The van der Waals surface area contributed by atoms with E-state index in [4.69, 9.17) is 21.7 Å². The highest BCUT2D eigenvalue weighted by molar-refractivity contribution is 7.80. The second-order valence-corrected chi connectivity index (χ2v) is 8.86. The molecule has 30 heavy (non-hydrogen) atoms. The molecule has 1 aromatic rings. The van der Waals surface area contributed by atoms with Gasteiger partial charge in [-0.05, 0) is 61.9 Å². The minimum Gasteiger partial charge on any atom is -0.494 e. The fraction of sp³-hybridized carbons (Fsp3) is 0.652. The van der Waals surface area contributed by atoms with E-state index in [1.54, 1.807) is 6.92 Å². The zero-order valence-corrected chi connectivity index (χ0v) is 19.5. The van der Waals surface area contributed by atoms with Crippen LogP contribution in [0.1, 0.15) is 52.0 Å². The van der Waals surface area contributed by atoms with Crippen LogP contribution in [0.5, 0.6) is 5.75 Å². The van der Waals surface area contributed by atoms with Crippen molar-refractivity contribution in [1.29, 1.82) is 0 Å². The van der Waals surface area contributed by atoms with Crippen molar-refractivity contribution < 1.29 is 19.4 Å². The van der Waals surface area contributed by atoms with Gasteiger partial charge in [0.1, 0.15) is 11.8 Å². The summed E-state index contributed by atoms with van der Waals surface area (Å²) in [4.78, 5) is 14.8. The van der Waals surface area contributed by atoms with E-state index >= 15 is 0 Å². The molecule has 0 aromatic heterocycles. The van der Waals surface area contributed by atoms with Gasteiger partial charge in [0, 0.05) is 25.7 Å². The van der Waals surface area contributed by atoms with Crippen molar-refractivity contribution in [2.24, 2.45) is 5.92 Å². The minimum absolute atomic E-state index is 0.0451. The van der Waals surface area contributed by atoms with Gasteiger partial charge in [-0.1, -0.05) is 19.9 Å². The highest BCUT2D eigenvalue weighted by Gasteiger charge is 2.32. The maximum Gasteiger partial charge on any atom is 0.243 e. The zero-order chi connectivity index (χ0) is 22.1. The Labute approximate surface area is 185 Å². The summed E-state index contributed by atoms with van der Waals surface area (Å²) in [5, 5.41) is 13.3. The Balaban J connectivity index is 1.98. The van der Waals surface area contributed by atoms with Crippen molar-refractivity contribution in [3.05, 3.63) is 23.8 Å². The molecule has 2 unspecified atom stereocenters. The third-order valence-electron chi connectivity index (χ3n) is 5.40. The standard InChI is InChI=1S/C23H36N2O4S/c1-16(2)22-23(27)24-19(15-26)13-18-9-10-20(14-21(18)25(22)4)29-12-8-6-5-7-11-28-17(3)30/h9-10,14,16,19,22,26H,5-8,11-13,15H2,1-4H3,(H,24,27). The van der Waals surface area contributed by atoms with Crippen LogP contribution < -0.4 is 15.0 Å². The van der Waals surface area contributed by atoms with Crippen molar-refractivity contribution in [2.45, 2.75) is 65.0 Å². The first-order valence-corrected chi connectivity index (χ1v) is 11.3. The SMILES string of the molecule is CC(=S)OCCCCCCOc1ccc2c(c1)N(C)C(C(C)C)C(=O)NC(CO)C2.